The fourth-order valence-electron chi connectivity index (χ4n) is 2.67. The monoisotopic (exact) mass is 270 g/mol. The Balaban J connectivity index is 2.42. The van der Waals surface area contributed by atoms with Gasteiger partial charge in [-0.1, -0.05) is 33.1 Å². The lowest BCUT2D eigenvalue weighted by Crippen LogP contribution is -2.56. The van der Waals surface area contributed by atoms with Crippen molar-refractivity contribution in [3.8, 4) is 0 Å². The van der Waals surface area contributed by atoms with E-state index in [1.165, 1.54) is 19.3 Å². The van der Waals surface area contributed by atoms with Crippen molar-refractivity contribution in [1.82, 2.24) is 10.6 Å². The van der Waals surface area contributed by atoms with Gasteiger partial charge in [0, 0.05) is 6.54 Å². The third-order valence-electron chi connectivity index (χ3n) is 4.25. The summed E-state index contributed by atoms with van der Waals surface area (Å²) in [6, 6.07) is -0.364. The number of rotatable bonds is 6. The van der Waals surface area contributed by atoms with Gasteiger partial charge in [-0.05, 0) is 31.6 Å². The molecule has 0 saturated heterocycles. The molecule has 1 aliphatic rings. The Hall–Kier alpha value is -1.26. The Morgan fingerprint density at radius 2 is 1.74 bits per heavy atom. The number of hydrogen-bond acceptors (Lipinski definition) is 2. The molecule has 0 aromatic carbocycles. The summed E-state index contributed by atoms with van der Waals surface area (Å²) in [5.41, 5.74) is -1.14. The first-order valence-electron chi connectivity index (χ1n) is 7.33. The summed E-state index contributed by atoms with van der Waals surface area (Å²) < 4.78 is 0. The van der Waals surface area contributed by atoms with Crippen molar-refractivity contribution in [2.75, 3.05) is 6.54 Å². The maximum Gasteiger partial charge on any atom is 0.329 e. The van der Waals surface area contributed by atoms with E-state index >= 15 is 0 Å². The van der Waals surface area contributed by atoms with Gasteiger partial charge in [0.15, 0.2) is 0 Å². The Morgan fingerprint density at radius 1 is 1.16 bits per heavy atom. The minimum atomic E-state index is -1.14. The third-order valence-corrected chi connectivity index (χ3v) is 4.25. The quantitative estimate of drug-likeness (QED) is 0.694. The second kappa shape index (κ2) is 7.36. The first-order chi connectivity index (χ1) is 9.04. The zero-order valence-electron chi connectivity index (χ0n) is 12.0. The molecule has 0 aromatic heterocycles. The van der Waals surface area contributed by atoms with Crippen LogP contribution in [-0.4, -0.2) is 29.2 Å². The number of carboxylic acids is 1. The smallest absolute Gasteiger partial charge is 0.329 e. The van der Waals surface area contributed by atoms with Crippen molar-refractivity contribution < 1.29 is 14.7 Å². The molecule has 0 bridgehead atoms. The van der Waals surface area contributed by atoms with Crippen LogP contribution in [-0.2, 0) is 4.79 Å². The SMILES string of the molecule is CCC(CC)(NC(=O)NCC1CCCCC1)C(=O)O. The highest BCUT2D eigenvalue weighted by Crippen LogP contribution is 2.22. The van der Waals surface area contributed by atoms with Gasteiger partial charge >= 0.3 is 12.0 Å². The molecule has 19 heavy (non-hydrogen) atoms. The Kier molecular flexibility index (Phi) is 6.12. The fourth-order valence-corrected chi connectivity index (χ4v) is 2.67. The molecule has 0 radical (unpaired) electrons. The highest BCUT2D eigenvalue weighted by molar-refractivity contribution is 5.86. The summed E-state index contributed by atoms with van der Waals surface area (Å²) >= 11 is 0. The van der Waals surface area contributed by atoms with E-state index < -0.39 is 11.5 Å². The van der Waals surface area contributed by atoms with E-state index in [4.69, 9.17) is 0 Å². The summed E-state index contributed by atoms with van der Waals surface area (Å²) in [5.74, 6) is -0.424. The molecule has 0 spiro atoms. The van der Waals surface area contributed by atoms with Crippen LogP contribution in [0.15, 0.2) is 0 Å². The number of nitrogens with one attached hydrogen (secondary N) is 2. The standard InChI is InChI=1S/C14H26N2O3/c1-3-14(4-2,12(17)18)16-13(19)15-10-11-8-6-5-7-9-11/h11H,3-10H2,1-2H3,(H,17,18)(H2,15,16,19). The summed E-state index contributed by atoms with van der Waals surface area (Å²) in [5, 5.41) is 14.7. The van der Waals surface area contributed by atoms with Gasteiger partial charge in [-0.3, -0.25) is 0 Å². The van der Waals surface area contributed by atoms with E-state index in [0.717, 1.165) is 12.8 Å². The number of carbonyl (C=O) groups is 2. The van der Waals surface area contributed by atoms with Gasteiger partial charge in [-0.15, -0.1) is 0 Å². The lowest BCUT2D eigenvalue weighted by Gasteiger charge is -2.29. The second-order valence-corrected chi connectivity index (χ2v) is 5.43. The Labute approximate surface area is 115 Å². The van der Waals surface area contributed by atoms with Crippen molar-refractivity contribution in [3.05, 3.63) is 0 Å². The van der Waals surface area contributed by atoms with Crippen molar-refractivity contribution in [1.29, 1.82) is 0 Å². The maximum atomic E-state index is 11.8. The molecular formula is C14H26N2O3. The van der Waals surface area contributed by atoms with Gasteiger partial charge in [0.2, 0.25) is 0 Å². The topological polar surface area (TPSA) is 78.4 Å². The molecule has 1 aliphatic carbocycles. The van der Waals surface area contributed by atoms with Crippen molar-refractivity contribution in [2.45, 2.75) is 64.3 Å². The first-order valence-corrected chi connectivity index (χ1v) is 7.33. The minimum absolute atomic E-state index is 0.364. The number of carboxylic acid groups (broad SMARTS) is 1. The van der Waals surface area contributed by atoms with Crippen LogP contribution in [0.1, 0.15) is 58.8 Å². The van der Waals surface area contributed by atoms with Crippen LogP contribution in [0.5, 0.6) is 0 Å². The zero-order valence-corrected chi connectivity index (χ0v) is 12.0. The van der Waals surface area contributed by atoms with E-state index in [1.54, 1.807) is 13.8 Å². The van der Waals surface area contributed by atoms with Crippen molar-refractivity contribution >= 4 is 12.0 Å². The van der Waals surface area contributed by atoms with Crippen LogP contribution < -0.4 is 10.6 Å². The van der Waals surface area contributed by atoms with E-state index in [-0.39, 0.29) is 6.03 Å². The summed E-state index contributed by atoms with van der Waals surface area (Å²) in [6.07, 6.45) is 6.84. The van der Waals surface area contributed by atoms with Crippen LogP contribution in [0.4, 0.5) is 4.79 Å². The molecule has 5 heteroatoms. The van der Waals surface area contributed by atoms with Crippen LogP contribution in [0.3, 0.4) is 0 Å². The molecule has 0 heterocycles. The van der Waals surface area contributed by atoms with Gasteiger partial charge < -0.3 is 15.7 Å². The highest BCUT2D eigenvalue weighted by atomic mass is 16.4. The number of carbonyl (C=O) groups excluding carboxylic acids is 1. The average molecular weight is 270 g/mol. The fraction of sp³-hybridized carbons (Fsp3) is 0.857. The largest absolute Gasteiger partial charge is 0.480 e. The Bertz CT molecular complexity index is 308. The zero-order chi connectivity index (χ0) is 14.3. The van der Waals surface area contributed by atoms with Crippen LogP contribution in [0.25, 0.3) is 0 Å². The third kappa shape index (κ3) is 4.40. The number of aliphatic carboxylic acids is 1. The molecular weight excluding hydrogens is 244 g/mol. The first kappa shape index (κ1) is 15.8. The molecule has 0 unspecified atom stereocenters. The lowest BCUT2D eigenvalue weighted by atomic mass is 9.89. The van der Waals surface area contributed by atoms with Gasteiger partial charge in [-0.25, -0.2) is 9.59 Å². The van der Waals surface area contributed by atoms with Crippen LogP contribution in [0, 0.1) is 5.92 Å². The number of urea groups is 1. The summed E-state index contributed by atoms with van der Waals surface area (Å²) in [6.45, 7) is 4.20. The normalized spacial score (nSPS) is 16.9. The van der Waals surface area contributed by atoms with Gasteiger partial charge in [0.25, 0.3) is 0 Å². The summed E-state index contributed by atoms with van der Waals surface area (Å²) in [7, 11) is 0. The molecule has 110 valence electrons. The predicted molar refractivity (Wildman–Crippen MR) is 74.1 cm³/mol. The molecule has 0 aliphatic heterocycles. The molecule has 1 fully saturated rings. The molecule has 5 nitrogen and oxygen atoms in total. The molecule has 0 atom stereocenters. The molecule has 1 rings (SSSR count). The maximum absolute atomic E-state index is 11.8. The molecule has 1 saturated carbocycles. The van der Waals surface area contributed by atoms with Gasteiger partial charge in [0.05, 0.1) is 0 Å². The van der Waals surface area contributed by atoms with Crippen molar-refractivity contribution in [3.63, 3.8) is 0 Å². The Morgan fingerprint density at radius 3 is 2.21 bits per heavy atom. The van der Waals surface area contributed by atoms with E-state index in [0.29, 0.717) is 25.3 Å². The van der Waals surface area contributed by atoms with Gasteiger partial charge in [0.1, 0.15) is 5.54 Å². The molecule has 3 N–H and O–H groups in total. The van der Waals surface area contributed by atoms with Crippen LogP contribution in [0.2, 0.25) is 0 Å². The number of amides is 2. The average Bonchev–Trinajstić information content (AvgIpc) is 2.43. The molecule has 2 amide bonds. The lowest BCUT2D eigenvalue weighted by molar-refractivity contribution is -0.144. The van der Waals surface area contributed by atoms with E-state index in [9.17, 15) is 14.7 Å². The van der Waals surface area contributed by atoms with Crippen LogP contribution >= 0.6 is 0 Å². The predicted octanol–water partition coefficient (Wildman–Crippen LogP) is 2.51. The minimum Gasteiger partial charge on any atom is -0.480 e. The van der Waals surface area contributed by atoms with Gasteiger partial charge in [-0.2, -0.15) is 0 Å². The molecule has 0 aromatic rings. The van der Waals surface area contributed by atoms with Crippen molar-refractivity contribution in [2.24, 2.45) is 5.92 Å². The number of hydrogen-bond donors (Lipinski definition) is 3. The highest BCUT2D eigenvalue weighted by Gasteiger charge is 2.36. The van der Waals surface area contributed by atoms with E-state index in [2.05, 4.69) is 10.6 Å². The summed E-state index contributed by atoms with van der Waals surface area (Å²) in [4.78, 5) is 23.1. The second-order valence-electron chi connectivity index (χ2n) is 5.43. The van der Waals surface area contributed by atoms with E-state index in [1.807, 2.05) is 0 Å².